The lowest BCUT2D eigenvalue weighted by Gasteiger charge is -2.16. The summed E-state index contributed by atoms with van der Waals surface area (Å²) in [6.07, 6.45) is 1.17. The van der Waals surface area contributed by atoms with Gasteiger partial charge >= 0.3 is 0 Å². The third-order valence-corrected chi connectivity index (χ3v) is 4.67. The fraction of sp³-hybridized carbons (Fsp3) is 0.200. The molecule has 2 heterocycles. The third-order valence-electron chi connectivity index (χ3n) is 4.67. The number of H-pyrrole nitrogens is 1. The Morgan fingerprint density at radius 1 is 1.31 bits per heavy atom. The van der Waals surface area contributed by atoms with Crippen molar-refractivity contribution in [2.75, 3.05) is 0 Å². The monoisotopic (exact) mass is 400 g/mol. The number of fused-ring (bicyclic) bond motifs is 1. The molecule has 1 aromatic carbocycles. The van der Waals surface area contributed by atoms with Crippen molar-refractivity contribution in [2.45, 2.75) is 26.3 Å². The summed E-state index contributed by atoms with van der Waals surface area (Å²) in [6, 6.07) is 4.89. The first kappa shape index (κ1) is 20.1. The molecule has 1 amide bonds. The summed E-state index contributed by atoms with van der Waals surface area (Å²) < 4.78 is 41.8. The number of aromatic nitrogens is 2. The number of carbonyl (C=O) groups excluding carboxylic acids is 1. The lowest BCUT2D eigenvalue weighted by atomic mass is 9.94. The van der Waals surface area contributed by atoms with E-state index in [1.54, 1.807) is 6.07 Å². The minimum absolute atomic E-state index is 0.0206. The van der Waals surface area contributed by atoms with Crippen LogP contribution in [0.5, 0.6) is 0 Å². The number of rotatable bonds is 4. The molecule has 2 N–H and O–H groups in total. The van der Waals surface area contributed by atoms with E-state index in [1.165, 1.54) is 26.1 Å². The van der Waals surface area contributed by atoms with Crippen LogP contribution < -0.4 is 10.9 Å². The molecule has 6 nitrogen and oxygen atoms in total. The highest BCUT2D eigenvalue weighted by atomic mass is 19.2. The lowest BCUT2D eigenvalue weighted by molar-refractivity contribution is -0.122. The van der Waals surface area contributed by atoms with Crippen LogP contribution in [0.4, 0.5) is 13.2 Å². The number of aromatic amines is 1. The summed E-state index contributed by atoms with van der Waals surface area (Å²) >= 11 is 0. The number of carbonyl (C=O) groups is 1. The molecule has 3 rings (SSSR count). The summed E-state index contributed by atoms with van der Waals surface area (Å²) in [5.41, 5.74) is -0.405. The Kier molecular flexibility index (Phi) is 5.37. The predicted octanol–water partition coefficient (Wildman–Crippen LogP) is 2.94. The molecule has 0 spiro atoms. The molecule has 0 saturated carbocycles. The normalized spacial score (nSPS) is 11.9. The zero-order chi connectivity index (χ0) is 21.3. The van der Waals surface area contributed by atoms with Crippen LogP contribution in [0.2, 0.25) is 0 Å². The standard InChI is InChI=1S/C20H15F3N4O2/c1-9-16(20(29)27-14-4-3-12(21)18(23)17(9)14)10(2)19(28)26-8-15-13(22)5-11(6-24)7-25-15/h3-5,7,10H,8H2,1-2H3,(H,26,28)(H,27,29). The molecule has 0 fully saturated rings. The minimum Gasteiger partial charge on any atom is -0.350 e. The molecule has 0 aliphatic rings. The Hall–Kier alpha value is -3.67. The van der Waals surface area contributed by atoms with Crippen LogP contribution in [0.25, 0.3) is 10.9 Å². The fourth-order valence-electron chi connectivity index (χ4n) is 3.15. The van der Waals surface area contributed by atoms with E-state index in [2.05, 4.69) is 15.3 Å². The Labute approximate surface area is 163 Å². The van der Waals surface area contributed by atoms with Crippen LogP contribution >= 0.6 is 0 Å². The highest BCUT2D eigenvalue weighted by Gasteiger charge is 2.24. The maximum absolute atomic E-state index is 14.2. The molecule has 0 radical (unpaired) electrons. The Morgan fingerprint density at radius 2 is 2.03 bits per heavy atom. The number of halogens is 3. The van der Waals surface area contributed by atoms with Gasteiger partial charge in [0.1, 0.15) is 11.9 Å². The van der Waals surface area contributed by atoms with Crippen LogP contribution in [0.3, 0.4) is 0 Å². The number of hydrogen-bond donors (Lipinski definition) is 2. The van der Waals surface area contributed by atoms with Gasteiger partial charge in [-0.1, -0.05) is 0 Å². The molecule has 1 unspecified atom stereocenters. The number of nitriles is 1. The second kappa shape index (κ2) is 7.75. The molecule has 0 bridgehead atoms. The van der Waals surface area contributed by atoms with Crippen molar-refractivity contribution >= 4 is 16.8 Å². The summed E-state index contributed by atoms with van der Waals surface area (Å²) in [6.45, 7) is 2.59. The number of nitrogens with one attached hydrogen (secondary N) is 2. The van der Waals surface area contributed by atoms with Crippen LogP contribution in [0.1, 0.15) is 35.2 Å². The largest absolute Gasteiger partial charge is 0.350 e. The topological polar surface area (TPSA) is 98.6 Å². The summed E-state index contributed by atoms with van der Waals surface area (Å²) in [5, 5.41) is 11.1. The second-order valence-electron chi connectivity index (χ2n) is 6.48. The molecule has 1 atom stereocenters. The zero-order valence-corrected chi connectivity index (χ0v) is 15.4. The molecule has 29 heavy (non-hydrogen) atoms. The van der Waals surface area contributed by atoms with Gasteiger partial charge in [-0.15, -0.1) is 0 Å². The third kappa shape index (κ3) is 3.69. The van der Waals surface area contributed by atoms with Crippen molar-refractivity contribution in [3.05, 3.63) is 74.6 Å². The number of aryl methyl sites for hydroxylation is 1. The van der Waals surface area contributed by atoms with Gasteiger partial charge in [0, 0.05) is 17.1 Å². The molecular weight excluding hydrogens is 385 g/mol. The maximum Gasteiger partial charge on any atom is 0.252 e. The van der Waals surface area contributed by atoms with E-state index >= 15 is 0 Å². The summed E-state index contributed by atoms with van der Waals surface area (Å²) in [7, 11) is 0. The van der Waals surface area contributed by atoms with Gasteiger partial charge in [-0.2, -0.15) is 5.26 Å². The number of amides is 1. The zero-order valence-electron chi connectivity index (χ0n) is 15.4. The van der Waals surface area contributed by atoms with E-state index in [0.29, 0.717) is 0 Å². The van der Waals surface area contributed by atoms with Crippen molar-refractivity contribution < 1.29 is 18.0 Å². The molecule has 148 valence electrons. The molecule has 0 saturated heterocycles. The van der Waals surface area contributed by atoms with E-state index in [1.807, 2.05) is 0 Å². The van der Waals surface area contributed by atoms with Gasteiger partial charge in [0.15, 0.2) is 11.6 Å². The Bertz CT molecular complexity index is 1230. The van der Waals surface area contributed by atoms with Crippen molar-refractivity contribution in [2.24, 2.45) is 0 Å². The van der Waals surface area contributed by atoms with E-state index in [9.17, 15) is 22.8 Å². The second-order valence-corrected chi connectivity index (χ2v) is 6.48. The van der Waals surface area contributed by atoms with Crippen molar-refractivity contribution in [1.82, 2.24) is 15.3 Å². The minimum atomic E-state index is -1.12. The molecule has 0 aliphatic heterocycles. The van der Waals surface area contributed by atoms with E-state index in [4.69, 9.17) is 5.26 Å². The van der Waals surface area contributed by atoms with Gasteiger partial charge in [0.05, 0.1) is 29.2 Å². The first-order chi connectivity index (χ1) is 13.7. The van der Waals surface area contributed by atoms with Crippen LogP contribution in [-0.2, 0) is 11.3 Å². The molecule has 0 aliphatic carbocycles. The van der Waals surface area contributed by atoms with Crippen LogP contribution in [-0.4, -0.2) is 15.9 Å². The average molecular weight is 400 g/mol. The number of pyridine rings is 2. The van der Waals surface area contributed by atoms with Gasteiger partial charge in [-0.3, -0.25) is 14.6 Å². The Morgan fingerprint density at radius 3 is 2.69 bits per heavy atom. The SMILES string of the molecule is Cc1c(C(C)C(=O)NCc2ncc(C#N)cc2F)c(=O)[nH]c2ccc(F)c(F)c12. The van der Waals surface area contributed by atoms with Crippen LogP contribution in [0, 0.1) is 35.7 Å². The van der Waals surface area contributed by atoms with E-state index < -0.39 is 34.8 Å². The lowest BCUT2D eigenvalue weighted by Crippen LogP contribution is -2.32. The average Bonchev–Trinajstić information content (AvgIpc) is 2.69. The van der Waals surface area contributed by atoms with E-state index in [-0.39, 0.29) is 39.8 Å². The molecule has 9 heteroatoms. The maximum atomic E-state index is 14.2. The van der Waals surface area contributed by atoms with Gasteiger partial charge in [-0.25, -0.2) is 13.2 Å². The predicted molar refractivity (Wildman–Crippen MR) is 98.4 cm³/mol. The summed E-state index contributed by atoms with van der Waals surface area (Å²) in [4.78, 5) is 31.2. The molecule has 3 aromatic rings. The van der Waals surface area contributed by atoms with Gasteiger partial charge in [0.2, 0.25) is 5.91 Å². The highest BCUT2D eigenvalue weighted by Crippen LogP contribution is 2.26. The quantitative estimate of drug-likeness (QED) is 0.704. The van der Waals surface area contributed by atoms with Crippen molar-refractivity contribution in [1.29, 1.82) is 5.26 Å². The molecule has 2 aromatic heterocycles. The smallest absolute Gasteiger partial charge is 0.252 e. The highest BCUT2D eigenvalue weighted by molar-refractivity contribution is 5.88. The number of benzene rings is 1. The van der Waals surface area contributed by atoms with E-state index in [0.717, 1.165) is 12.1 Å². The molecular formula is C20H15F3N4O2. The van der Waals surface area contributed by atoms with Crippen molar-refractivity contribution in [3.8, 4) is 6.07 Å². The van der Waals surface area contributed by atoms with Gasteiger partial charge < -0.3 is 10.3 Å². The number of hydrogen-bond acceptors (Lipinski definition) is 4. The van der Waals surface area contributed by atoms with Gasteiger partial charge in [-0.05, 0) is 37.6 Å². The van der Waals surface area contributed by atoms with Crippen LogP contribution in [0.15, 0.2) is 29.2 Å². The first-order valence-corrected chi connectivity index (χ1v) is 8.57. The summed E-state index contributed by atoms with van der Waals surface area (Å²) in [5.74, 6) is -4.59. The Balaban J connectivity index is 1.90. The fourth-order valence-corrected chi connectivity index (χ4v) is 3.15. The van der Waals surface area contributed by atoms with Gasteiger partial charge in [0.25, 0.3) is 5.56 Å². The van der Waals surface area contributed by atoms with Crippen molar-refractivity contribution in [3.63, 3.8) is 0 Å². The first-order valence-electron chi connectivity index (χ1n) is 8.57. The number of nitrogens with zero attached hydrogens (tertiary/aromatic N) is 2.